The second-order valence-corrected chi connectivity index (χ2v) is 13.1. The molecule has 9 aromatic rings. The van der Waals surface area contributed by atoms with Crippen LogP contribution in [0.3, 0.4) is 0 Å². The molecule has 0 spiro atoms. The molecule has 0 radical (unpaired) electrons. The predicted octanol–water partition coefficient (Wildman–Crippen LogP) is 12.2. The Morgan fingerprint density at radius 2 is 0.776 bits per heavy atom. The van der Waals surface area contributed by atoms with Crippen LogP contribution in [0.5, 0.6) is 0 Å². The van der Waals surface area contributed by atoms with Gasteiger partial charge in [-0.25, -0.2) is 15.0 Å². The van der Waals surface area contributed by atoms with E-state index in [0.29, 0.717) is 17.5 Å². The fourth-order valence-corrected chi connectivity index (χ4v) is 7.85. The SMILES string of the molecule is c1ccc(-c2cccc(-c3nc(-c4ccccc4)nc(-c4cc(-c5ccccc5)cc5c4sc4c(-c6ccccc6)cccc45)n3)c2)cc1. The Hall–Kier alpha value is -6.23. The molecule has 2 aromatic heterocycles. The van der Waals surface area contributed by atoms with Crippen molar-refractivity contribution in [3.8, 4) is 67.5 Å². The van der Waals surface area contributed by atoms with Gasteiger partial charge in [0, 0.05) is 36.9 Å². The Morgan fingerprint density at radius 1 is 0.286 bits per heavy atom. The number of hydrogen-bond acceptors (Lipinski definition) is 4. The van der Waals surface area contributed by atoms with E-state index in [-0.39, 0.29) is 0 Å². The number of rotatable bonds is 6. The summed E-state index contributed by atoms with van der Waals surface area (Å²) in [5, 5.41) is 2.43. The molecule has 0 aliphatic rings. The van der Waals surface area contributed by atoms with Gasteiger partial charge in [0.1, 0.15) is 0 Å². The van der Waals surface area contributed by atoms with Crippen LogP contribution in [0.25, 0.3) is 87.7 Å². The van der Waals surface area contributed by atoms with E-state index in [2.05, 4.69) is 152 Å². The summed E-state index contributed by atoms with van der Waals surface area (Å²) >= 11 is 1.81. The maximum atomic E-state index is 5.25. The van der Waals surface area contributed by atoms with Gasteiger partial charge in [-0.3, -0.25) is 0 Å². The highest BCUT2D eigenvalue weighted by Gasteiger charge is 2.20. The first-order chi connectivity index (χ1) is 24.3. The lowest BCUT2D eigenvalue weighted by Gasteiger charge is -2.12. The van der Waals surface area contributed by atoms with Gasteiger partial charge in [0.2, 0.25) is 0 Å². The lowest BCUT2D eigenvalue weighted by Crippen LogP contribution is -2.00. The van der Waals surface area contributed by atoms with Crippen molar-refractivity contribution in [2.45, 2.75) is 0 Å². The van der Waals surface area contributed by atoms with Gasteiger partial charge in [-0.15, -0.1) is 11.3 Å². The number of thiophene rings is 1. The van der Waals surface area contributed by atoms with Crippen molar-refractivity contribution in [1.82, 2.24) is 15.0 Å². The largest absolute Gasteiger partial charge is 0.208 e. The Bertz CT molecular complexity index is 2580. The van der Waals surface area contributed by atoms with Gasteiger partial charge >= 0.3 is 0 Å². The minimum absolute atomic E-state index is 0.644. The van der Waals surface area contributed by atoms with E-state index in [1.54, 1.807) is 0 Å². The topological polar surface area (TPSA) is 38.7 Å². The third kappa shape index (κ3) is 5.48. The fraction of sp³-hybridized carbons (Fsp3) is 0. The Kier molecular flexibility index (Phi) is 7.34. The quantitative estimate of drug-likeness (QED) is 0.181. The molecule has 0 saturated heterocycles. The van der Waals surface area contributed by atoms with E-state index < -0.39 is 0 Å². The molecule has 49 heavy (non-hydrogen) atoms. The lowest BCUT2D eigenvalue weighted by molar-refractivity contribution is 1.08. The first-order valence-corrected chi connectivity index (χ1v) is 17.2. The highest BCUT2D eigenvalue weighted by Crippen LogP contribution is 2.45. The van der Waals surface area contributed by atoms with Gasteiger partial charge in [-0.1, -0.05) is 158 Å². The molecule has 0 amide bonds. The minimum atomic E-state index is 0.644. The molecule has 0 aliphatic carbocycles. The summed E-state index contributed by atoms with van der Waals surface area (Å²) in [6.45, 7) is 0. The molecule has 0 saturated carbocycles. The second kappa shape index (κ2) is 12.4. The zero-order valence-electron chi connectivity index (χ0n) is 26.5. The molecule has 3 nitrogen and oxygen atoms in total. The molecule has 4 heteroatoms. The first-order valence-electron chi connectivity index (χ1n) is 16.4. The summed E-state index contributed by atoms with van der Waals surface area (Å²) < 4.78 is 2.41. The standard InChI is InChI=1S/C45H29N3S/c1-5-15-30(16-6-1)34-23-13-24-35(27-34)44-46-43(33-21-11-4-12-22-33)47-45(48-44)40-29-36(31-17-7-2-8-18-31)28-39-38-26-14-25-37(41(38)49-42(39)40)32-19-9-3-10-20-32/h1-29H. The maximum Gasteiger partial charge on any atom is 0.165 e. The van der Waals surface area contributed by atoms with E-state index >= 15 is 0 Å². The summed E-state index contributed by atoms with van der Waals surface area (Å²) in [6, 6.07) is 61.5. The van der Waals surface area contributed by atoms with Crippen molar-refractivity contribution in [1.29, 1.82) is 0 Å². The smallest absolute Gasteiger partial charge is 0.165 e. The lowest BCUT2D eigenvalue weighted by atomic mass is 9.97. The zero-order valence-corrected chi connectivity index (χ0v) is 27.3. The van der Waals surface area contributed by atoms with E-state index in [0.717, 1.165) is 43.6 Å². The monoisotopic (exact) mass is 643 g/mol. The van der Waals surface area contributed by atoms with Gasteiger partial charge in [0.15, 0.2) is 17.5 Å². The fourth-order valence-electron chi connectivity index (χ4n) is 6.52. The second-order valence-electron chi connectivity index (χ2n) is 12.0. The maximum absolute atomic E-state index is 5.25. The summed E-state index contributed by atoms with van der Waals surface area (Å²) in [7, 11) is 0. The first kappa shape index (κ1) is 29.0. The zero-order chi connectivity index (χ0) is 32.6. The van der Waals surface area contributed by atoms with Crippen LogP contribution < -0.4 is 0 Å². The van der Waals surface area contributed by atoms with Crippen LogP contribution in [0.2, 0.25) is 0 Å². The molecule has 2 heterocycles. The van der Waals surface area contributed by atoms with Crippen LogP contribution in [-0.4, -0.2) is 15.0 Å². The minimum Gasteiger partial charge on any atom is -0.208 e. The van der Waals surface area contributed by atoms with Gasteiger partial charge in [-0.2, -0.15) is 0 Å². The van der Waals surface area contributed by atoms with Crippen LogP contribution in [0.4, 0.5) is 0 Å². The van der Waals surface area contributed by atoms with E-state index in [1.165, 1.54) is 26.6 Å². The highest BCUT2D eigenvalue weighted by molar-refractivity contribution is 7.26. The number of aromatic nitrogens is 3. The Morgan fingerprint density at radius 3 is 1.45 bits per heavy atom. The summed E-state index contributed by atoms with van der Waals surface area (Å²) in [6.07, 6.45) is 0. The van der Waals surface area contributed by atoms with Gasteiger partial charge in [0.25, 0.3) is 0 Å². The molecule has 0 bridgehead atoms. The molecule has 0 fully saturated rings. The van der Waals surface area contributed by atoms with Crippen molar-refractivity contribution >= 4 is 31.5 Å². The van der Waals surface area contributed by atoms with Crippen molar-refractivity contribution in [2.75, 3.05) is 0 Å². The van der Waals surface area contributed by atoms with E-state index in [4.69, 9.17) is 15.0 Å². The molecular formula is C45H29N3S. The van der Waals surface area contributed by atoms with Crippen LogP contribution in [0.1, 0.15) is 0 Å². The van der Waals surface area contributed by atoms with Crippen molar-refractivity contribution in [3.63, 3.8) is 0 Å². The summed E-state index contributed by atoms with van der Waals surface area (Å²) in [4.78, 5) is 15.5. The molecule has 230 valence electrons. The van der Waals surface area contributed by atoms with E-state index in [9.17, 15) is 0 Å². The molecule has 0 N–H and O–H groups in total. The van der Waals surface area contributed by atoms with Crippen LogP contribution in [0, 0.1) is 0 Å². The molecule has 0 aliphatic heterocycles. The van der Waals surface area contributed by atoms with E-state index in [1.807, 2.05) is 35.6 Å². The Labute approximate surface area is 288 Å². The average Bonchev–Trinajstić information content (AvgIpc) is 3.58. The molecule has 7 aromatic carbocycles. The normalized spacial score (nSPS) is 11.3. The molecule has 9 rings (SSSR count). The van der Waals surface area contributed by atoms with Gasteiger partial charge < -0.3 is 0 Å². The number of benzene rings is 7. The number of fused-ring (bicyclic) bond motifs is 3. The Balaban J connectivity index is 1.32. The third-order valence-corrected chi connectivity index (χ3v) is 10.2. The number of hydrogen-bond donors (Lipinski definition) is 0. The van der Waals surface area contributed by atoms with Crippen molar-refractivity contribution in [3.05, 3.63) is 176 Å². The van der Waals surface area contributed by atoms with Crippen molar-refractivity contribution in [2.24, 2.45) is 0 Å². The van der Waals surface area contributed by atoms with Gasteiger partial charge in [0.05, 0.1) is 0 Å². The molecule has 0 unspecified atom stereocenters. The van der Waals surface area contributed by atoms with Crippen LogP contribution in [-0.2, 0) is 0 Å². The summed E-state index contributed by atoms with van der Waals surface area (Å²) in [5.41, 5.74) is 9.87. The van der Waals surface area contributed by atoms with Crippen LogP contribution >= 0.6 is 11.3 Å². The highest BCUT2D eigenvalue weighted by atomic mass is 32.1. The molecular weight excluding hydrogens is 615 g/mol. The number of nitrogens with zero attached hydrogens (tertiary/aromatic N) is 3. The predicted molar refractivity (Wildman–Crippen MR) is 205 cm³/mol. The van der Waals surface area contributed by atoms with Crippen LogP contribution in [0.15, 0.2) is 176 Å². The van der Waals surface area contributed by atoms with Gasteiger partial charge in [-0.05, 0) is 51.6 Å². The molecule has 0 atom stereocenters. The summed E-state index contributed by atoms with van der Waals surface area (Å²) in [5.74, 6) is 1.95. The average molecular weight is 644 g/mol. The van der Waals surface area contributed by atoms with Crippen molar-refractivity contribution < 1.29 is 0 Å². The third-order valence-electron chi connectivity index (χ3n) is 8.93.